The third-order valence-electron chi connectivity index (χ3n) is 2.83. The molecule has 0 spiro atoms. The van der Waals surface area contributed by atoms with E-state index in [1.165, 1.54) is 0 Å². The van der Waals surface area contributed by atoms with Gasteiger partial charge in [0.1, 0.15) is 0 Å². The van der Waals surface area contributed by atoms with Crippen molar-refractivity contribution in [1.82, 2.24) is 5.32 Å². The maximum absolute atomic E-state index is 11.7. The fraction of sp³-hybridized carbons (Fsp3) is 0.533. The number of hydrogen-bond donors (Lipinski definition) is 2. The predicted octanol–water partition coefficient (Wildman–Crippen LogP) is 3.26. The van der Waals surface area contributed by atoms with Crippen LogP contribution in [0.5, 0.6) is 0 Å². The molecule has 1 heterocycles. The number of anilines is 1. The zero-order valence-electron chi connectivity index (χ0n) is 12.5. The molecule has 1 amide bonds. The maximum atomic E-state index is 11.7. The second-order valence-electron chi connectivity index (χ2n) is 4.80. The Balaban J connectivity index is 0.000000741. The van der Waals surface area contributed by atoms with Crippen LogP contribution in [0.1, 0.15) is 45.6 Å². The summed E-state index contributed by atoms with van der Waals surface area (Å²) >= 11 is 0. The Kier molecular flexibility index (Phi) is 7.12. The van der Waals surface area contributed by atoms with E-state index in [9.17, 15) is 9.18 Å². The van der Waals surface area contributed by atoms with Gasteiger partial charge in [0.2, 0.25) is 5.91 Å². The van der Waals surface area contributed by atoms with Gasteiger partial charge in [-0.25, -0.2) is 0 Å². The van der Waals surface area contributed by atoms with Crippen LogP contribution in [0.25, 0.3) is 0 Å². The number of hydrogen-bond acceptors (Lipinski definition) is 2. The van der Waals surface area contributed by atoms with Crippen LogP contribution in [0.15, 0.2) is 24.3 Å². The molecule has 0 radical (unpaired) electrons. The minimum absolute atomic E-state index is 0.0272. The number of alkyl halides is 1. The van der Waals surface area contributed by atoms with E-state index in [1.54, 1.807) is 0 Å². The van der Waals surface area contributed by atoms with Gasteiger partial charge in [-0.2, -0.15) is 0 Å². The molecule has 108 valence electrons. The van der Waals surface area contributed by atoms with Crippen molar-refractivity contribution < 1.29 is 9.18 Å². The fourth-order valence-corrected chi connectivity index (χ4v) is 2.07. The Morgan fingerprint density at radius 3 is 2.05 bits per heavy atom. The predicted molar refractivity (Wildman–Crippen MR) is 78.8 cm³/mol. The van der Waals surface area contributed by atoms with Crippen LogP contribution in [-0.4, -0.2) is 18.6 Å². The molecule has 0 aliphatic carbocycles. The molecule has 4 heteroatoms. The summed E-state index contributed by atoms with van der Waals surface area (Å²) in [6.07, 6.45) is 0.843. The molecule has 1 atom stereocenters. The molecule has 1 fully saturated rings. The molecule has 19 heavy (non-hydrogen) atoms. The highest BCUT2D eigenvalue weighted by Gasteiger charge is 2.37. The third-order valence-corrected chi connectivity index (χ3v) is 2.83. The van der Waals surface area contributed by atoms with Crippen molar-refractivity contribution >= 4 is 11.6 Å². The van der Waals surface area contributed by atoms with Crippen molar-refractivity contribution in [2.75, 3.05) is 12.9 Å². The van der Waals surface area contributed by atoms with Crippen LogP contribution in [0.4, 0.5) is 10.1 Å². The van der Waals surface area contributed by atoms with Gasteiger partial charge in [-0.05, 0) is 38.0 Å². The van der Waals surface area contributed by atoms with Crippen LogP contribution < -0.4 is 11.1 Å². The SMILES string of the molecule is CC.CC1(C)CC(c2ccc(N)cc2)C(=O)N1.CF. The summed E-state index contributed by atoms with van der Waals surface area (Å²) in [7, 11) is 0.500. The van der Waals surface area contributed by atoms with Gasteiger partial charge in [0.05, 0.1) is 13.1 Å². The molecule has 0 aromatic heterocycles. The first-order valence-electron chi connectivity index (χ1n) is 6.53. The Labute approximate surface area is 115 Å². The normalized spacial score (nSPS) is 19.5. The van der Waals surface area contributed by atoms with E-state index >= 15 is 0 Å². The first-order valence-corrected chi connectivity index (χ1v) is 6.53. The largest absolute Gasteiger partial charge is 0.399 e. The molecule has 1 aliphatic heterocycles. The van der Waals surface area contributed by atoms with E-state index in [0.717, 1.165) is 17.7 Å². The number of amides is 1. The van der Waals surface area contributed by atoms with Gasteiger partial charge in [-0.15, -0.1) is 0 Å². The Morgan fingerprint density at radius 1 is 1.21 bits per heavy atom. The Bertz CT molecular complexity index is 388. The van der Waals surface area contributed by atoms with Crippen molar-refractivity contribution in [3.63, 3.8) is 0 Å². The van der Waals surface area contributed by atoms with Gasteiger partial charge < -0.3 is 11.1 Å². The van der Waals surface area contributed by atoms with Crippen molar-refractivity contribution in [3.05, 3.63) is 29.8 Å². The van der Waals surface area contributed by atoms with Crippen LogP contribution in [-0.2, 0) is 4.79 Å². The van der Waals surface area contributed by atoms with Gasteiger partial charge in [0, 0.05) is 11.2 Å². The van der Waals surface area contributed by atoms with Crippen LogP contribution in [0.2, 0.25) is 0 Å². The summed E-state index contributed by atoms with van der Waals surface area (Å²) in [5.74, 6) is 0.0883. The van der Waals surface area contributed by atoms with Gasteiger partial charge >= 0.3 is 0 Å². The number of nitrogens with one attached hydrogen (secondary N) is 1. The number of nitrogen functional groups attached to an aromatic ring is 1. The van der Waals surface area contributed by atoms with E-state index in [-0.39, 0.29) is 17.4 Å². The molecule has 2 rings (SSSR count). The van der Waals surface area contributed by atoms with E-state index in [0.29, 0.717) is 7.18 Å². The summed E-state index contributed by atoms with van der Waals surface area (Å²) in [6.45, 7) is 8.09. The molecule has 1 aromatic rings. The standard InChI is InChI=1S/C12H16N2O.C2H6.CH3F/c1-12(2)7-10(11(15)14-12)8-3-5-9(13)6-4-8;2*1-2/h3-6,10H,7,13H2,1-2H3,(H,14,15);1-2H3;1H3. The molecule has 3 N–H and O–H groups in total. The monoisotopic (exact) mass is 268 g/mol. The smallest absolute Gasteiger partial charge is 0.228 e. The maximum Gasteiger partial charge on any atom is 0.228 e. The zero-order chi connectivity index (χ0) is 15.1. The fourth-order valence-electron chi connectivity index (χ4n) is 2.07. The molecule has 1 saturated heterocycles. The third kappa shape index (κ3) is 4.89. The lowest BCUT2D eigenvalue weighted by molar-refractivity contribution is -0.120. The quantitative estimate of drug-likeness (QED) is 0.768. The van der Waals surface area contributed by atoms with Gasteiger partial charge in [0.25, 0.3) is 0 Å². The van der Waals surface area contributed by atoms with Crippen LogP contribution >= 0.6 is 0 Å². The van der Waals surface area contributed by atoms with E-state index in [1.807, 2.05) is 52.0 Å². The summed E-state index contributed by atoms with van der Waals surface area (Å²) in [4.78, 5) is 11.7. The first kappa shape index (κ1) is 17.4. The lowest BCUT2D eigenvalue weighted by Crippen LogP contribution is -2.34. The molecule has 0 bridgehead atoms. The lowest BCUT2D eigenvalue weighted by atomic mass is 9.91. The molecule has 3 nitrogen and oxygen atoms in total. The summed E-state index contributed by atoms with van der Waals surface area (Å²) in [5, 5.41) is 2.99. The topological polar surface area (TPSA) is 55.1 Å². The van der Waals surface area contributed by atoms with Gasteiger partial charge in [-0.1, -0.05) is 26.0 Å². The van der Waals surface area contributed by atoms with Crippen LogP contribution in [0, 0.1) is 0 Å². The first-order chi connectivity index (χ1) is 8.98. The van der Waals surface area contributed by atoms with Crippen molar-refractivity contribution in [2.45, 2.75) is 45.6 Å². The summed E-state index contributed by atoms with van der Waals surface area (Å²) in [5.41, 5.74) is 7.30. The molecule has 1 aliphatic rings. The van der Waals surface area contributed by atoms with E-state index in [2.05, 4.69) is 5.32 Å². The molecular formula is C15H25FN2O. The average molecular weight is 268 g/mol. The van der Waals surface area contributed by atoms with E-state index in [4.69, 9.17) is 5.73 Å². The lowest BCUT2D eigenvalue weighted by Gasteiger charge is -2.16. The summed E-state index contributed by atoms with van der Waals surface area (Å²) < 4.78 is 9.50. The average Bonchev–Trinajstić information content (AvgIpc) is 2.69. The molecular weight excluding hydrogens is 243 g/mol. The number of carbonyl (C=O) groups is 1. The zero-order valence-corrected chi connectivity index (χ0v) is 12.5. The number of carbonyl (C=O) groups excluding carboxylic acids is 1. The molecule has 1 aromatic carbocycles. The number of benzene rings is 1. The van der Waals surface area contributed by atoms with E-state index < -0.39 is 0 Å². The second kappa shape index (κ2) is 7.77. The molecule has 0 saturated carbocycles. The van der Waals surface area contributed by atoms with Crippen LogP contribution in [0.3, 0.4) is 0 Å². The van der Waals surface area contributed by atoms with Gasteiger partial charge in [0.15, 0.2) is 0 Å². The Morgan fingerprint density at radius 2 is 1.68 bits per heavy atom. The Hall–Kier alpha value is -1.58. The van der Waals surface area contributed by atoms with Crippen molar-refractivity contribution in [3.8, 4) is 0 Å². The summed E-state index contributed by atoms with van der Waals surface area (Å²) in [6, 6.07) is 7.55. The highest BCUT2D eigenvalue weighted by Crippen LogP contribution is 2.32. The molecule has 1 unspecified atom stereocenters. The minimum atomic E-state index is -0.0941. The highest BCUT2D eigenvalue weighted by molar-refractivity contribution is 5.86. The second-order valence-corrected chi connectivity index (χ2v) is 4.80. The highest BCUT2D eigenvalue weighted by atomic mass is 19.1. The minimum Gasteiger partial charge on any atom is -0.399 e. The van der Waals surface area contributed by atoms with Crippen molar-refractivity contribution in [1.29, 1.82) is 0 Å². The number of nitrogens with two attached hydrogens (primary N) is 1. The van der Waals surface area contributed by atoms with Crippen molar-refractivity contribution in [2.24, 2.45) is 0 Å². The number of rotatable bonds is 1. The van der Waals surface area contributed by atoms with Gasteiger partial charge in [-0.3, -0.25) is 9.18 Å². The number of halogens is 1.